The Labute approximate surface area is 232 Å². The molecule has 2 atom stereocenters. The van der Waals surface area contributed by atoms with Crippen LogP contribution < -0.4 is 5.32 Å². The Kier molecular flexibility index (Phi) is 34.7. The van der Waals surface area contributed by atoms with E-state index in [1.165, 1.54) is 109 Å². The summed E-state index contributed by atoms with van der Waals surface area (Å²) in [5, 5.41) is 23.7. The van der Waals surface area contributed by atoms with E-state index in [-0.39, 0.29) is 12.2 Å². The average Bonchev–Trinajstić information content (AvgIpc) is 2.88. The van der Waals surface area contributed by atoms with Crippen molar-refractivity contribution < 1.29 is 15.0 Å². The van der Waals surface area contributed by atoms with Crippen LogP contribution in [0, 0.1) is 0 Å². The van der Waals surface area contributed by atoms with Gasteiger partial charge in [0.15, 0.2) is 0 Å². The van der Waals surface area contributed by atoms with Crippen LogP contribution in [0.4, 0.5) is 0 Å². The zero-order valence-corrected chi connectivity index (χ0v) is 25.7. The number of hydrogen-bond acceptors (Lipinski definition) is 4. The van der Waals surface area contributed by atoms with Crippen LogP contribution in [-0.4, -0.2) is 59.9 Å². The van der Waals surface area contributed by atoms with Gasteiger partial charge in [-0.3, -0.25) is 9.69 Å². The van der Waals surface area contributed by atoms with Crippen molar-refractivity contribution in [3.05, 3.63) is 0 Å². The highest BCUT2D eigenvalue weighted by Gasteiger charge is 2.15. The summed E-state index contributed by atoms with van der Waals surface area (Å²) in [6.07, 6.45) is 26.0. The third kappa shape index (κ3) is 33.3. The summed E-state index contributed by atoms with van der Waals surface area (Å²) in [7, 11) is 0. The van der Waals surface area contributed by atoms with Crippen LogP contribution in [0.3, 0.4) is 0 Å². The van der Waals surface area contributed by atoms with Gasteiger partial charge < -0.3 is 15.5 Å². The molecule has 224 valence electrons. The van der Waals surface area contributed by atoms with Gasteiger partial charge in [-0.2, -0.15) is 0 Å². The molecule has 5 heteroatoms. The quantitative estimate of drug-likeness (QED) is 0.0710. The maximum Gasteiger partial charge on any atom is 0.207 e. The molecule has 0 aromatic heterocycles. The molecule has 0 aliphatic carbocycles. The smallest absolute Gasteiger partial charge is 0.207 e. The Morgan fingerprint density at radius 1 is 0.568 bits per heavy atom. The molecule has 0 aliphatic heterocycles. The first-order chi connectivity index (χ1) is 18.0. The molecule has 0 saturated carbocycles. The van der Waals surface area contributed by atoms with Crippen LogP contribution in [0.5, 0.6) is 0 Å². The molecule has 0 saturated heterocycles. The van der Waals surface area contributed by atoms with Crippen molar-refractivity contribution in [2.24, 2.45) is 0 Å². The Bertz CT molecular complexity index is 393. The summed E-state index contributed by atoms with van der Waals surface area (Å²) in [5.41, 5.74) is 0. The molecule has 0 aliphatic rings. The molecule has 0 radical (unpaired) electrons. The number of nitrogens with zero attached hydrogens (tertiary/aromatic N) is 1. The lowest BCUT2D eigenvalue weighted by Gasteiger charge is -2.27. The van der Waals surface area contributed by atoms with E-state index in [0.29, 0.717) is 32.6 Å². The van der Waals surface area contributed by atoms with E-state index in [1.54, 1.807) is 0 Å². The maximum absolute atomic E-state index is 10.6. The van der Waals surface area contributed by atoms with E-state index in [1.807, 2.05) is 0 Å². The summed E-state index contributed by atoms with van der Waals surface area (Å²) in [6.45, 7) is 11.3. The number of unbranched alkanes of at least 4 members (excludes halogenated alkanes) is 16. The van der Waals surface area contributed by atoms with Gasteiger partial charge in [-0.15, -0.1) is 0 Å². The van der Waals surface area contributed by atoms with Crippen LogP contribution in [0.2, 0.25) is 0 Å². The number of aliphatic hydroxyl groups is 2. The molecule has 37 heavy (non-hydrogen) atoms. The third-order valence-corrected chi connectivity index (χ3v) is 7.08. The summed E-state index contributed by atoms with van der Waals surface area (Å²) < 4.78 is 0. The van der Waals surface area contributed by atoms with Crippen molar-refractivity contribution in [3.63, 3.8) is 0 Å². The van der Waals surface area contributed by atoms with Gasteiger partial charge in [0, 0.05) is 26.2 Å². The molecule has 1 amide bonds. The van der Waals surface area contributed by atoms with Gasteiger partial charge in [0.05, 0.1) is 12.2 Å². The first-order valence-electron chi connectivity index (χ1n) is 16.3. The van der Waals surface area contributed by atoms with E-state index < -0.39 is 0 Å². The Morgan fingerprint density at radius 3 is 1.24 bits per heavy atom. The third-order valence-electron chi connectivity index (χ3n) is 7.08. The van der Waals surface area contributed by atoms with Gasteiger partial charge in [0.1, 0.15) is 0 Å². The fraction of sp³-hybridized carbons (Fsp3) is 0.969. The minimum atomic E-state index is -0.360. The first-order valence-corrected chi connectivity index (χ1v) is 16.3. The van der Waals surface area contributed by atoms with Crippen LogP contribution in [0.15, 0.2) is 0 Å². The highest BCUT2D eigenvalue weighted by Crippen LogP contribution is 2.13. The average molecular weight is 529 g/mol. The fourth-order valence-corrected chi connectivity index (χ4v) is 4.70. The number of aliphatic hydroxyl groups excluding tert-OH is 2. The van der Waals surface area contributed by atoms with Crippen molar-refractivity contribution in [3.8, 4) is 0 Å². The van der Waals surface area contributed by atoms with Crippen LogP contribution in [-0.2, 0) is 4.79 Å². The van der Waals surface area contributed by atoms with Crippen molar-refractivity contribution in [1.82, 2.24) is 10.2 Å². The Hall–Kier alpha value is -0.650. The lowest BCUT2D eigenvalue weighted by Crippen LogP contribution is -2.41. The van der Waals surface area contributed by atoms with E-state index in [2.05, 4.69) is 37.9 Å². The monoisotopic (exact) mass is 529 g/mol. The molecular weight excluding hydrogens is 460 g/mol. The zero-order chi connectivity index (χ0) is 27.8. The molecule has 0 bridgehead atoms. The Balaban J connectivity index is 0. The molecule has 0 aromatic carbocycles. The highest BCUT2D eigenvalue weighted by molar-refractivity contribution is 5.45. The van der Waals surface area contributed by atoms with Crippen molar-refractivity contribution in [2.75, 3.05) is 26.2 Å². The lowest BCUT2D eigenvalue weighted by atomic mass is 10.0. The molecule has 0 heterocycles. The number of amides is 1. The topological polar surface area (TPSA) is 72.8 Å². The van der Waals surface area contributed by atoms with Gasteiger partial charge in [-0.1, -0.05) is 150 Å². The van der Waals surface area contributed by atoms with Crippen molar-refractivity contribution in [2.45, 2.75) is 175 Å². The second-order valence-electron chi connectivity index (χ2n) is 11.0. The van der Waals surface area contributed by atoms with Gasteiger partial charge in [-0.25, -0.2) is 0 Å². The minimum Gasteiger partial charge on any atom is -0.392 e. The van der Waals surface area contributed by atoms with Gasteiger partial charge in [-0.05, 0) is 12.8 Å². The second-order valence-corrected chi connectivity index (χ2v) is 11.0. The highest BCUT2D eigenvalue weighted by atomic mass is 16.3. The molecule has 0 spiro atoms. The normalized spacial score (nSPS) is 12.7. The predicted octanol–water partition coefficient (Wildman–Crippen LogP) is 8.01. The molecule has 0 aromatic rings. The van der Waals surface area contributed by atoms with Gasteiger partial charge in [0.25, 0.3) is 0 Å². The summed E-state index contributed by atoms with van der Waals surface area (Å²) in [6, 6.07) is 0. The van der Waals surface area contributed by atoms with Crippen molar-refractivity contribution in [1.29, 1.82) is 0 Å². The van der Waals surface area contributed by atoms with Crippen LogP contribution in [0.25, 0.3) is 0 Å². The fourth-order valence-electron chi connectivity index (χ4n) is 4.70. The number of rotatable bonds is 28. The standard InChI is InChI=1S/C27H56N2O3.C5H12/c1-3-5-7-9-11-13-15-17-19-26(31)23-29(22-21-28-25-30)24-27(32)20-18-16-14-12-10-8-6-4-2;1-3-5-4-2/h25-27,31-32H,3-24H2,1-2H3,(H,28,30);3-5H2,1-2H3. The second kappa shape index (κ2) is 33.4. The van der Waals surface area contributed by atoms with E-state index in [0.717, 1.165) is 25.7 Å². The molecule has 0 rings (SSSR count). The van der Waals surface area contributed by atoms with E-state index in [9.17, 15) is 15.0 Å². The Morgan fingerprint density at radius 2 is 0.919 bits per heavy atom. The van der Waals surface area contributed by atoms with E-state index in [4.69, 9.17) is 0 Å². The number of carbonyl (C=O) groups is 1. The number of hydrogen-bond donors (Lipinski definition) is 3. The zero-order valence-electron chi connectivity index (χ0n) is 25.7. The summed E-state index contributed by atoms with van der Waals surface area (Å²) >= 11 is 0. The van der Waals surface area contributed by atoms with E-state index >= 15 is 0 Å². The molecule has 2 unspecified atom stereocenters. The summed E-state index contributed by atoms with van der Waals surface area (Å²) in [5.74, 6) is 0. The molecular formula is C32H68N2O3. The van der Waals surface area contributed by atoms with Gasteiger partial charge in [0.2, 0.25) is 6.41 Å². The molecule has 0 fully saturated rings. The minimum absolute atomic E-state index is 0.360. The van der Waals surface area contributed by atoms with Crippen molar-refractivity contribution >= 4 is 6.41 Å². The van der Waals surface area contributed by atoms with Crippen LogP contribution >= 0.6 is 0 Å². The lowest BCUT2D eigenvalue weighted by molar-refractivity contribution is -0.109. The number of nitrogens with one attached hydrogen (secondary N) is 1. The predicted molar refractivity (Wildman–Crippen MR) is 162 cm³/mol. The summed E-state index contributed by atoms with van der Waals surface area (Å²) in [4.78, 5) is 12.7. The largest absolute Gasteiger partial charge is 0.392 e. The molecule has 5 nitrogen and oxygen atoms in total. The van der Waals surface area contributed by atoms with Crippen LogP contribution in [0.1, 0.15) is 163 Å². The first kappa shape index (κ1) is 38.5. The number of carbonyl (C=O) groups excluding carboxylic acids is 1. The SMILES string of the molecule is CCCCC.CCCCCCCCCCC(O)CN(CCNC=O)CC(O)CCCCCCCCCC. The maximum atomic E-state index is 10.6. The van der Waals surface area contributed by atoms with Gasteiger partial charge >= 0.3 is 0 Å². The molecule has 3 N–H and O–H groups in total.